The summed E-state index contributed by atoms with van der Waals surface area (Å²) < 4.78 is 0. The SMILES string of the molecule is O=[N+]([O-])c1ccc2nc(SC3CCCCCCC3=NO)[nH]c2c1. The second kappa shape index (κ2) is 6.99. The number of oxime groups is 1. The number of thioether (sulfide) groups is 1. The van der Waals surface area contributed by atoms with E-state index in [1.165, 1.54) is 36.7 Å². The van der Waals surface area contributed by atoms with Gasteiger partial charge in [-0.25, -0.2) is 4.98 Å². The first kappa shape index (κ1) is 15.8. The number of nitro benzene ring substituents is 1. The molecule has 1 aromatic heterocycles. The lowest BCUT2D eigenvalue weighted by atomic mass is 9.99. The largest absolute Gasteiger partial charge is 0.411 e. The Kier molecular flexibility index (Phi) is 4.80. The summed E-state index contributed by atoms with van der Waals surface area (Å²) in [4.78, 5) is 18.0. The Morgan fingerprint density at radius 2 is 2.17 bits per heavy atom. The Hall–Kier alpha value is -2.09. The van der Waals surface area contributed by atoms with Gasteiger partial charge in [0, 0.05) is 12.1 Å². The molecule has 3 rings (SSSR count). The molecule has 0 spiro atoms. The molecule has 1 fully saturated rings. The minimum absolute atomic E-state index is 0.0428. The number of H-pyrrole nitrogens is 1. The van der Waals surface area contributed by atoms with Gasteiger partial charge >= 0.3 is 0 Å². The zero-order valence-electron chi connectivity index (χ0n) is 12.6. The van der Waals surface area contributed by atoms with Crippen molar-refractivity contribution >= 4 is 34.2 Å². The molecule has 1 aromatic carbocycles. The fourth-order valence-corrected chi connectivity index (χ4v) is 4.01. The number of aromatic amines is 1. The van der Waals surface area contributed by atoms with Crippen LogP contribution in [0.1, 0.15) is 38.5 Å². The number of hydrogen-bond acceptors (Lipinski definition) is 6. The van der Waals surface area contributed by atoms with Crippen molar-refractivity contribution in [3.8, 4) is 0 Å². The second-order valence-electron chi connectivity index (χ2n) is 5.65. The predicted molar refractivity (Wildman–Crippen MR) is 89.3 cm³/mol. The van der Waals surface area contributed by atoms with E-state index < -0.39 is 4.92 Å². The van der Waals surface area contributed by atoms with Crippen LogP contribution in [0.5, 0.6) is 0 Å². The van der Waals surface area contributed by atoms with Crippen LogP contribution in [0.4, 0.5) is 5.69 Å². The maximum absolute atomic E-state index is 10.8. The first-order valence-corrected chi connectivity index (χ1v) is 8.57. The predicted octanol–water partition coefficient (Wildman–Crippen LogP) is 4.12. The van der Waals surface area contributed by atoms with Gasteiger partial charge in [-0.2, -0.15) is 0 Å². The van der Waals surface area contributed by atoms with E-state index >= 15 is 0 Å². The standard InChI is InChI=1S/C15H18N4O3S/c20-18-12-5-3-1-2-4-6-14(12)23-15-16-11-8-7-10(19(21)22)9-13(11)17-15/h7-9,14,20H,1-6H2,(H,16,17). The zero-order chi connectivity index (χ0) is 16.2. The van der Waals surface area contributed by atoms with E-state index in [0.717, 1.165) is 31.4 Å². The fraction of sp³-hybridized carbons (Fsp3) is 0.467. The van der Waals surface area contributed by atoms with Crippen molar-refractivity contribution in [1.82, 2.24) is 9.97 Å². The lowest BCUT2D eigenvalue weighted by Gasteiger charge is -2.19. The van der Waals surface area contributed by atoms with Crippen LogP contribution in [0, 0.1) is 10.1 Å². The van der Waals surface area contributed by atoms with E-state index in [-0.39, 0.29) is 10.9 Å². The summed E-state index contributed by atoms with van der Waals surface area (Å²) in [6, 6.07) is 4.59. The lowest BCUT2D eigenvalue weighted by Crippen LogP contribution is -2.19. The van der Waals surface area contributed by atoms with Crippen molar-refractivity contribution < 1.29 is 10.1 Å². The van der Waals surface area contributed by atoms with Gasteiger partial charge in [-0.3, -0.25) is 10.1 Å². The van der Waals surface area contributed by atoms with Gasteiger partial charge in [0.1, 0.15) is 0 Å². The third kappa shape index (κ3) is 3.64. The molecule has 1 aliphatic carbocycles. The van der Waals surface area contributed by atoms with Gasteiger partial charge in [-0.1, -0.05) is 36.2 Å². The van der Waals surface area contributed by atoms with Gasteiger partial charge in [0.2, 0.25) is 0 Å². The van der Waals surface area contributed by atoms with Crippen molar-refractivity contribution in [2.24, 2.45) is 5.16 Å². The summed E-state index contributed by atoms with van der Waals surface area (Å²) in [6.07, 6.45) is 6.26. The number of hydrogen-bond donors (Lipinski definition) is 2. The molecular formula is C15H18N4O3S. The maximum atomic E-state index is 10.8. The highest BCUT2D eigenvalue weighted by atomic mass is 32.2. The zero-order valence-corrected chi connectivity index (χ0v) is 13.4. The third-order valence-corrected chi connectivity index (χ3v) is 5.27. The molecule has 122 valence electrons. The topological polar surface area (TPSA) is 104 Å². The smallest absolute Gasteiger partial charge is 0.271 e. The van der Waals surface area contributed by atoms with Gasteiger partial charge in [0.05, 0.1) is 26.9 Å². The number of aromatic nitrogens is 2. The average molecular weight is 334 g/mol. The van der Waals surface area contributed by atoms with Crippen molar-refractivity contribution in [3.63, 3.8) is 0 Å². The Morgan fingerprint density at radius 3 is 2.96 bits per heavy atom. The number of benzene rings is 1. The Morgan fingerprint density at radius 1 is 1.35 bits per heavy atom. The van der Waals surface area contributed by atoms with Gasteiger partial charge < -0.3 is 10.2 Å². The monoisotopic (exact) mass is 334 g/mol. The lowest BCUT2D eigenvalue weighted by molar-refractivity contribution is -0.384. The molecule has 2 aromatic rings. The van der Waals surface area contributed by atoms with Crippen molar-refractivity contribution in [2.75, 3.05) is 0 Å². The molecule has 7 nitrogen and oxygen atoms in total. The van der Waals surface area contributed by atoms with Crippen LogP contribution < -0.4 is 0 Å². The molecule has 1 heterocycles. The number of nitrogens with zero attached hydrogens (tertiary/aromatic N) is 3. The van der Waals surface area contributed by atoms with Gasteiger partial charge in [0.15, 0.2) is 5.16 Å². The Bertz CT molecular complexity index is 743. The molecule has 2 N–H and O–H groups in total. The summed E-state index contributed by atoms with van der Waals surface area (Å²) in [5, 5.41) is 24.4. The number of imidazole rings is 1. The molecule has 0 saturated heterocycles. The quantitative estimate of drug-likeness (QED) is 0.499. The molecule has 1 saturated carbocycles. The molecular weight excluding hydrogens is 316 g/mol. The maximum Gasteiger partial charge on any atom is 0.271 e. The molecule has 8 heteroatoms. The van der Waals surface area contributed by atoms with Crippen LogP contribution in [-0.2, 0) is 0 Å². The van der Waals surface area contributed by atoms with Crippen LogP contribution in [0.25, 0.3) is 11.0 Å². The summed E-state index contributed by atoms with van der Waals surface area (Å²) in [5.74, 6) is 0. The van der Waals surface area contributed by atoms with Crippen LogP contribution in [-0.4, -0.2) is 31.1 Å². The van der Waals surface area contributed by atoms with E-state index in [4.69, 9.17) is 0 Å². The van der Waals surface area contributed by atoms with Crippen molar-refractivity contribution in [3.05, 3.63) is 28.3 Å². The van der Waals surface area contributed by atoms with Gasteiger partial charge in [0.25, 0.3) is 5.69 Å². The fourth-order valence-electron chi connectivity index (χ4n) is 2.84. The highest BCUT2D eigenvalue weighted by Gasteiger charge is 2.21. The van der Waals surface area contributed by atoms with E-state index in [9.17, 15) is 15.3 Å². The first-order chi connectivity index (χ1) is 11.2. The van der Waals surface area contributed by atoms with E-state index in [1.807, 2.05) is 0 Å². The number of non-ortho nitro benzene ring substituents is 1. The minimum Gasteiger partial charge on any atom is -0.411 e. The Balaban J connectivity index is 1.83. The number of fused-ring (bicyclic) bond motifs is 1. The highest BCUT2D eigenvalue weighted by molar-refractivity contribution is 8.00. The second-order valence-corrected chi connectivity index (χ2v) is 6.84. The summed E-state index contributed by atoms with van der Waals surface area (Å²) in [7, 11) is 0. The molecule has 0 radical (unpaired) electrons. The summed E-state index contributed by atoms with van der Waals surface area (Å²) in [6.45, 7) is 0. The normalized spacial score (nSPS) is 21.2. The average Bonchev–Trinajstić information content (AvgIpc) is 2.91. The van der Waals surface area contributed by atoms with E-state index in [2.05, 4.69) is 15.1 Å². The molecule has 0 bridgehead atoms. The van der Waals surface area contributed by atoms with Gasteiger partial charge in [-0.05, 0) is 25.3 Å². The minimum atomic E-state index is -0.418. The molecule has 1 unspecified atom stereocenters. The number of nitro groups is 1. The van der Waals surface area contributed by atoms with E-state index in [0.29, 0.717) is 16.2 Å². The van der Waals surface area contributed by atoms with E-state index in [1.54, 1.807) is 6.07 Å². The van der Waals surface area contributed by atoms with Crippen LogP contribution in [0.3, 0.4) is 0 Å². The highest BCUT2D eigenvalue weighted by Crippen LogP contribution is 2.31. The van der Waals surface area contributed by atoms with Crippen LogP contribution >= 0.6 is 11.8 Å². The number of rotatable bonds is 3. The first-order valence-electron chi connectivity index (χ1n) is 7.69. The molecule has 23 heavy (non-hydrogen) atoms. The third-order valence-electron chi connectivity index (χ3n) is 4.06. The van der Waals surface area contributed by atoms with Gasteiger partial charge in [-0.15, -0.1) is 0 Å². The van der Waals surface area contributed by atoms with Crippen LogP contribution in [0.2, 0.25) is 0 Å². The Labute approximate surface area is 137 Å². The number of nitrogens with one attached hydrogen (secondary N) is 1. The molecule has 0 aliphatic heterocycles. The molecule has 1 atom stereocenters. The van der Waals surface area contributed by atoms with Crippen molar-refractivity contribution in [1.29, 1.82) is 0 Å². The molecule has 0 amide bonds. The van der Waals surface area contributed by atoms with Crippen molar-refractivity contribution in [2.45, 2.75) is 48.9 Å². The summed E-state index contributed by atoms with van der Waals surface area (Å²) >= 11 is 1.53. The summed E-state index contributed by atoms with van der Waals surface area (Å²) in [5.41, 5.74) is 2.20. The van der Waals surface area contributed by atoms with Crippen LogP contribution in [0.15, 0.2) is 28.5 Å². The molecule has 1 aliphatic rings.